The molecule has 1 aromatic carbocycles. The Kier molecular flexibility index (Phi) is 4.76. The summed E-state index contributed by atoms with van der Waals surface area (Å²) < 4.78 is 14.1. The van der Waals surface area contributed by atoms with Gasteiger partial charge in [-0.2, -0.15) is 0 Å². The predicted octanol–water partition coefficient (Wildman–Crippen LogP) is 3.03. The molecule has 0 radical (unpaired) electrons. The molecule has 0 aliphatic carbocycles. The molecule has 1 aliphatic rings. The molecule has 0 bridgehead atoms. The van der Waals surface area contributed by atoms with Gasteiger partial charge in [-0.3, -0.25) is 4.90 Å². The second-order valence-corrected chi connectivity index (χ2v) is 5.76. The van der Waals surface area contributed by atoms with Gasteiger partial charge in [-0.1, -0.05) is 6.92 Å². The van der Waals surface area contributed by atoms with E-state index >= 15 is 0 Å². The monoisotopic (exact) mass is 314 g/mol. The summed E-state index contributed by atoms with van der Waals surface area (Å²) in [4.78, 5) is 4.85. The second kappa shape index (κ2) is 6.13. The second-order valence-electron chi connectivity index (χ2n) is 4.90. The standard InChI is InChI=1S/C14H20BrFN2/c1-3-17-4-6-18(7-5-17)10-12-9-14(16)13(15)8-11(12)2/h8-9H,3-7,10H2,1-2H3. The molecule has 0 spiro atoms. The van der Waals surface area contributed by atoms with Gasteiger partial charge in [0.1, 0.15) is 5.82 Å². The third kappa shape index (κ3) is 3.31. The normalized spacial score (nSPS) is 18.2. The van der Waals surface area contributed by atoms with Crippen molar-refractivity contribution in [2.24, 2.45) is 0 Å². The molecule has 18 heavy (non-hydrogen) atoms. The first-order chi connectivity index (χ1) is 8.60. The van der Waals surface area contributed by atoms with Crippen LogP contribution in [0.25, 0.3) is 0 Å². The molecule has 100 valence electrons. The zero-order valence-corrected chi connectivity index (χ0v) is 12.6. The molecular formula is C14H20BrFN2. The molecule has 0 aromatic heterocycles. The molecule has 0 unspecified atom stereocenters. The minimum absolute atomic E-state index is 0.164. The Hall–Kier alpha value is -0.450. The van der Waals surface area contributed by atoms with Crippen LogP contribution in [-0.4, -0.2) is 42.5 Å². The topological polar surface area (TPSA) is 6.48 Å². The molecule has 2 rings (SSSR count). The highest BCUT2D eigenvalue weighted by Crippen LogP contribution is 2.21. The summed E-state index contributed by atoms with van der Waals surface area (Å²) in [6.45, 7) is 10.6. The minimum atomic E-state index is -0.164. The number of rotatable bonds is 3. The van der Waals surface area contributed by atoms with Gasteiger partial charge in [0.15, 0.2) is 0 Å². The Morgan fingerprint density at radius 2 is 1.78 bits per heavy atom. The zero-order valence-electron chi connectivity index (χ0n) is 11.0. The van der Waals surface area contributed by atoms with E-state index < -0.39 is 0 Å². The highest BCUT2D eigenvalue weighted by Gasteiger charge is 2.16. The Morgan fingerprint density at radius 1 is 1.17 bits per heavy atom. The third-order valence-electron chi connectivity index (χ3n) is 3.68. The molecule has 1 aliphatic heterocycles. The van der Waals surface area contributed by atoms with Gasteiger partial charge in [-0.25, -0.2) is 4.39 Å². The van der Waals surface area contributed by atoms with Crippen molar-refractivity contribution in [3.63, 3.8) is 0 Å². The van der Waals surface area contributed by atoms with E-state index in [4.69, 9.17) is 0 Å². The zero-order chi connectivity index (χ0) is 13.1. The van der Waals surface area contributed by atoms with Crippen LogP contribution in [0.5, 0.6) is 0 Å². The largest absolute Gasteiger partial charge is 0.301 e. The maximum absolute atomic E-state index is 13.6. The first kappa shape index (κ1) is 14.0. The molecule has 0 amide bonds. The lowest BCUT2D eigenvalue weighted by molar-refractivity contribution is 0.131. The number of hydrogen-bond acceptors (Lipinski definition) is 2. The molecular weight excluding hydrogens is 295 g/mol. The molecule has 0 atom stereocenters. The van der Waals surface area contributed by atoms with Gasteiger partial charge in [-0.05, 0) is 52.7 Å². The highest BCUT2D eigenvalue weighted by atomic mass is 79.9. The number of aryl methyl sites for hydroxylation is 1. The van der Waals surface area contributed by atoms with Crippen molar-refractivity contribution in [1.82, 2.24) is 9.80 Å². The van der Waals surface area contributed by atoms with Crippen molar-refractivity contribution >= 4 is 15.9 Å². The Labute approximate surface area is 117 Å². The van der Waals surface area contributed by atoms with Crippen molar-refractivity contribution in [2.75, 3.05) is 32.7 Å². The summed E-state index contributed by atoms with van der Waals surface area (Å²) in [5.41, 5.74) is 2.25. The van der Waals surface area contributed by atoms with Gasteiger partial charge in [0.25, 0.3) is 0 Å². The van der Waals surface area contributed by atoms with E-state index in [-0.39, 0.29) is 5.82 Å². The van der Waals surface area contributed by atoms with Gasteiger partial charge in [0.05, 0.1) is 4.47 Å². The third-order valence-corrected chi connectivity index (χ3v) is 4.29. The van der Waals surface area contributed by atoms with Crippen LogP contribution in [0.1, 0.15) is 18.1 Å². The molecule has 1 saturated heterocycles. The number of nitrogens with zero attached hydrogens (tertiary/aromatic N) is 2. The van der Waals surface area contributed by atoms with Crippen LogP contribution < -0.4 is 0 Å². The molecule has 1 aromatic rings. The summed E-state index contributed by atoms with van der Waals surface area (Å²) >= 11 is 3.23. The van der Waals surface area contributed by atoms with Gasteiger partial charge in [0, 0.05) is 32.7 Å². The summed E-state index contributed by atoms with van der Waals surface area (Å²) in [6.07, 6.45) is 0. The van der Waals surface area contributed by atoms with Crippen LogP contribution in [0.2, 0.25) is 0 Å². The molecule has 0 saturated carbocycles. The van der Waals surface area contributed by atoms with Gasteiger partial charge in [-0.15, -0.1) is 0 Å². The number of likely N-dealkylation sites (N-methyl/N-ethyl adjacent to an activating group) is 1. The summed E-state index contributed by atoms with van der Waals surface area (Å²) in [7, 11) is 0. The van der Waals surface area contributed by atoms with E-state index in [1.54, 1.807) is 6.07 Å². The quantitative estimate of drug-likeness (QED) is 0.846. The molecule has 0 N–H and O–H groups in total. The smallest absolute Gasteiger partial charge is 0.137 e. The Balaban J connectivity index is 2.00. The summed E-state index contributed by atoms with van der Waals surface area (Å²) in [6, 6.07) is 3.53. The fraction of sp³-hybridized carbons (Fsp3) is 0.571. The van der Waals surface area contributed by atoms with Crippen LogP contribution in [0, 0.1) is 12.7 Å². The van der Waals surface area contributed by atoms with Crippen molar-refractivity contribution < 1.29 is 4.39 Å². The van der Waals surface area contributed by atoms with Crippen LogP contribution in [0.4, 0.5) is 4.39 Å². The summed E-state index contributed by atoms with van der Waals surface area (Å²) in [5, 5.41) is 0. The molecule has 4 heteroatoms. The van der Waals surface area contributed by atoms with Crippen LogP contribution in [0.15, 0.2) is 16.6 Å². The Bertz CT molecular complexity index is 415. The fourth-order valence-electron chi connectivity index (χ4n) is 2.36. The minimum Gasteiger partial charge on any atom is -0.301 e. The van der Waals surface area contributed by atoms with Crippen molar-refractivity contribution in [2.45, 2.75) is 20.4 Å². The average Bonchev–Trinajstić information content (AvgIpc) is 2.37. The van der Waals surface area contributed by atoms with Crippen LogP contribution in [-0.2, 0) is 6.54 Å². The lowest BCUT2D eigenvalue weighted by atomic mass is 10.1. The number of hydrogen-bond donors (Lipinski definition) is 0. The van der Waals surface area contributed by atoms with E-state index in [1.807, 2.05) is 13.0 Å². The van der Waals surface area contributed by atoms with Crippen molar-refractivity contribution in [3.8, 4) is 0 Å². The van der Waals surface area contributed by atoms with Gasteiger partial charge < -0.3 is 4.90 Å². The fourth-order valence-corrected chi connectivity index (χ4v) is 2.82. The SMILES string of the molecule is CCN1CCN(Cc2cc(F)c(Br)cc2C)CC1. The lowest BCUT2D eigenvalue weighted by Gasteiger charge is -2.34. The maximum atomic E-state index is 13.6. The van der Waals surface area contributed by atoms with E-state index in [9.17, 15) is 4.39 Å². The van der Waals surface area contributed by atoms with E-state index in [0.29, 0.717) is 4.47 Å². The van der Waals surface area contributed by atoms with Crippen LogP contribution in [0.3, 0.4) is 0 Å². The maximum Gasteiger partial charge on any atom is 0.137 e. The highest BCUT2D eigenvalue weighted by molar-refractivity contribution is 9.10. The van der Waals surface area contributed by atoms with Gasteiger partial charge >= 0.3 is 0 Å². The number of halogens is 2. The lowest BCUT2D eigenvalue weighted by Crippen LogP contribution is -2.45. The average molecular weight is 315 g/mol. The molecule has 1 heterocycles. The van der Waals surface area contributed by atoms with Crippen LogP contribution >= 0.6 is 15.9 Å². The molecule has 1 fully saturated rings. The van der Waals surface area contributed by atoms with Crippen molar-refractivity contribution in [1.29, 1.82) is 0 Å². The van der Waals surface area contributed by atoms with E-state index in [1.165, 1.54) is 0 Å². The van der Waals surface area contributed by atoms with E-state index in [2.05, 4.69) is 32.7 Å². The first-order valence-corrected chi connectivity index (χ1v) is 7.28. The van der Waals surface area contributed by atoms with E-state index in [0.717, 1.165) is 50.4 Å². The number of benzene rings is 1. The molecule has 2 nitrogen and oxygen atoms in total. The predicted molar refractivity (Wildman–Crippen MR) is 76.2 cm³/mol. The first-order valence-electron chi connectivity index (χ1n) is 6.49. The summed E-state index contributed by atoms with van der Waals surface area (Å²) in [5.74, 6) is -0.164. The Morgan fingerprint density at radius 3 is 2.39 bits per heavy atom. The van der Waals surface area contributed by atoms with Gasteiger partial charge in [0.2, 0.25) is 0 Å². The number of piperazine rings is 1. The van der Waals surface area contributed by atoms with Crippen molar-refractivity contribution in [3.05, 3.63) is 33.5 Å².